The van der Waals surface area contributed by atoms with E-state index in [0.717, 1.165) is 29.7 Å². The fourth-order valence-electron chi connectivity index (χ4n) is 4.35. The third kappa shape index (κ3) is 3.56. The van der Waals surface area contributed by atoms with Crippen LogP contribution >= 0.6 is 0 Å². The number of rotatable bonds is 6. The second-order valence-corrected chi connectivity index (χ2v) is 7.42. The molecule has 8 nitrogen and oxygen atoms in total. The summed E-state index contributed by atoms with van der Waals surface area (Å²) in [5.74, 6) is 1.83. The van der Waals surface area contributed by atoms with Gasteiger partial charge in [0.25, 0.3) is 0 Å². The Labute approximate surface area is 175 Å². The Morgan fingerprint density at radius 2 is 1.87 bits per heavy atom. The smallest absolute Gasteiger partial charge is 0.319 e. The number of fused-ring (bicyclic) bond motifs is 3. The van der Waals surface area contributed by atoms with Crippen molar-refractivity contribution in [1.29, 1.82) is 0 Å². The molecule has 3 atom stereocenters. The number of aliphatic hydroxyl groups excluding tert-OH is 1. The maximum Gasteiger partial charge on any atom is 0.319 e. The van der Waals surface area contributed by atoms with Crippen LogP contribution in [0.1, 0.15) is 48.8 Å². The van der Waals surface area contributed by atoms with E-state index < -0.39 is 0 Å². The Balaban J connectivity index is 1.91. The van der Waals surface area contributed by atoms with Gasteiger partial charge in [0.05, 0.1) is 51.4 Å². The summed E-state index contributed by atoms with van der Waals surface area (Å²) in [5.41, 5.74) is 3.45. The molecule has 1 N–H and O–H groups in total. The summed E-state index contributed by atoms with van der Waals surface area (Å²) in [7, 11) is 4.70. The summed E-state index contributed by atoms with van der Waals surface area (Å²) in [5, 5.41) is 10.3. The zero-order valence-corrected chi connectivity index (χ0v) is 17.7. The van der Waals surface area contributed by atoms with Crippen molar-refractivity contribution >= 4 is 5.71 Å². The number of nitrogens with zero attached hydrogens (tertiary/aromatic N) is 3. The van der Waals surface area contributed by atoms with Crippen LogP contribution in [0.3, 0.4) is 0 Å². The van der Waals surface area contributed by atoms with Gasteiger partial charge in [-0.2, -0.15) is 4.98 Å². The van der Waals surface area contributed by atoms with Crippen LogP contribution in [0.25, 0.3) is 0 Å². The molecule has 0 amide bonds. The molecule has 1 aliphatic carbocycles. The van der Waals surface area contributed by atoms with Gasteiger partial charge in [0.15, 0.2) is 11.5 Å². The third-order valence-electron chi connectivity index (χ3n) is 5.73. The van der Waals surface area contributed by atoms with Crippen LogP contribution in [0.2, 0.25) is 0 Å². The van der Waals surface area contributed by atoms with Crippen molar-refractivity contribution < 1.29 is 24.1 Å². The van der Waals surface area contributed by atoms with Gasteiger partial charge in [-0.3, -0.25) is 4.99 Å². The van der Waals surface area contributed by atoms with Gasteiger partial charge < -0.3 is 24.1 Å². The number of benzene rings is 1. The summed E-state index contributed by atoms with van der Waals surface area (Å²) in [6.45, 7) is 2.48. The molecule has 2 heterocycles. The van der Waals surface area contributed by atoms with E-state index in [-0.39, 0.29) is 24.1 Å². The first-order valence-corrected chi connectivity index (χ1v) is 10.2. The zero-order valence-electron chi connectivity index (χ0n) is 17.7. The lowest BCUT2D eigenvalue weighted by Crippen LogP contribution is -2.34. The van der Waals surface area contributed by atoms with Gasteiger partial charge in [0, 0.05) is 17.7 Å². The van der Waals surface area contributed by atoms with Crippen molar-refractivity contribution in [2.45, 2.75) is 44.2 Å². The number of ether oxygens (including phenoxy) is 4. The number of aromatic nitrogens is 2. The molecule has 0 bridgehead atoms. The first-order valence-electron chi connectivity index (χ1n) is 10.2. The van der Waals surface area contributed by atoms with E-state index in [1.807, 2.05) is 19.1 Å². The van der Waals surface area contributed by atoms with Gasteiger partial charge in [-0.05, 0) is 43.9 Å². The lowest BCUT2D eigenvalue weighted by Gasteiger charge is -2.37. The highest BCUT2D eigenvalue weighted by Crippen LogP contribution is 2.45. The highest BCUT2D eigenvalue weighted by atomic mass is 16.5. The number of aliphatic imine (C=N–C) groups is 1. The molecule has 1 aromatic carbocycles. The predicted molar refractivity (Wildman–Crippen MR) is 111 cm³/mol. The highest BCUT2D eigenvalue weighted by molar-refractivity contribution is 6.16. The van der Waals surface area contributed by atoms with E-state index in [1.165, 1.54) is 7.11 Å². The molecule has 30 heavy (non-hydrogen) atoms. The highest BCUT2D eigenvalue weighted by Gasteiger charge is 2.38. The molecule has 0 spiro atoms. The van der Waals surface area contributed by atoms with Gasteiger partial charge in [-0.25, -0.2) is 4.98 Å². The monoisotopic (exact) mass is 413 g/mol. The first-order chi connectivity index (χ1) is 14.6. The van der Waals surface area contributed by atoms with Gasteiger partial charge >= 0.3 is 6.01 Å². The van der Waals surface area contributed by atoms with Crippen LogP contribution in [0.15, 0.2) is 23.3 Å². The lowest BCUT2D eigenvalue weighted by molar-refractivity contribution is 0.111. The second-order valence-electron chi connectivity index (χ2n) is 7.42. The number of hydrogen-bond donors (Lipinski definition) is 1. The molecule has 1 fully saturated rings. The molecule has 2 aliphatic rings. The maximum atomic E-state index is 10.3. The molecule has 1 saturated carbocycles. The molecule has 0 saturated heterocycles. The van der Waals surface area contributed by atoms with Crippen molar-refractivity contribution in [3.63, 3.8) is 0 Å². The number of methoxy groups -OCH3 is 3. The van der Waals surface area contributed by atoms with Gasteiger partial charge in [0.2, 0.25) is 5.88 Å². The fraction of sp³-hybridized carbons (Fsp3) is 0.500. The zero-order chi connectivity index (χ0) is 21.3. The molecule has 1 aromatic heterocycles. The molecular weight excluding hydrogens is 386 g/mol. The molecule has 3 unspecified atom stereocenters. The van der Waals surface area contributed by atoms with Crippen molar-refractivity contribution in [3.05, 3.63) is 35.0 Å². The first kappa shape index (κ1) is 20.4. The standard InChI is InChI=1S/C22H27N3O5/c1-5-30-19-9-13-14-8-12(26)6-7-17(14)24-20(15(13)10-18(19)27-2)16-11-23-22(29-4)25-21(16)28-3/h9-12,14,17,26H,5-8H2,1-4H3. The third-order valence-corrected chi connectivity index (χ3v) is 5.73. The van der Waals surface area contributed by atoms with Crippen LogP contribution in [-0.4, -0.2) is 60.9 Å². The summed E-state index contributed by atoms with van der Waals surface area (Å²) in [6, 6.07) is 4.26. The number of aliphatic hydroxyl groups is 1. The van der Waals surface area contributed by atoms with Crippen molar-refractivity contribution in [2.75, 3.05) is 27.9 Å². The minimum Gasteiger partial charge on any atom is -0.493 e. The predicted octanol–water partition coefficient (Wildman–Crippen LogP) is 2.75. The van der Waals surface area contributed by atoms with Gasteiger partial charge in [-0.1, -0.05) is 0 Å². The maximum absolute atomic E-state index is 10.3. The fourth-order valence-corrected chi connectivity index (χ4v) is 4.35. The largest absolute Gasteiger partial charge is 0.493 e. The molecule has 4 rings (SSSR count). The Morgan fingerprint density at radius 1 is 1.03 bits per heavy atom. The van der Waals surface area contributed by atoms with Crippen LogP contribution < -0.4 is 18.9 Å². The number of hydrogen-bond acceptors (Lipinski definition) is 8. The van der Waals surface area contributed by atoms with E-state index in [4.69, 9.17) is 23.9 Å². The molecule has 160 valence electrons. The summed E-state index contributed by atoms with van der Waals surface area (Å²) >= 11 is 0. The molecule has 1 aliphatic heterocycles. The van der Waals surface area contributed by atoms with Crippen molar-refractivity contribution in [1.82, 2.24) is 9.97 Å². The molecule has 0 radical (unpaired) electrons. The molecule has 8 heteroatoms. The normalized spacial score (nSPS) is 22.4. The quantitative estimate of drug-likeness (QED) is 0.778. The Bertz CT molecular complexity index is 962. The summed E-state index contributed by atoms with van der Waals surface area (Å²) in [4.78, 5) is 13.7. The Kier molecular flexibility index (Phi) is 5.76. The van der Waals surface area contributed by atoms with Crippen LogP contribution in [0.5, 0.6) is 23.4 Å². The van der Waals surface area contributed by atoms with Crippen LogP contribution in [0.4, 0.5) is 0 Å². The van der Waals surface area contributed by atoms with Crippen LogP contribution in [-0.2, 0) is 0 Å². The van der Waals surface area contributed by atoms with E-state index in [2.05, 4.69) is 9.97 Å². The minimum atomic E-state index is -0.327. The van der Waals surface area contributed by atoms with E-state index >= 15 is 0 Å². The Morgan fingerprint density at radius 3 is 2.57 bits per heavy atom. The lowest BCUT2D eigenvalue weighted by atomic mass is 9.74. The van der Waals surface area contributed by atoms with E-state index in [9.17, 15) is 5.11 Å². The van der Waals surface area contributed by atoms with Crippen molar-refractivity contribution in [2.24, 2.45) is 4.99 Å². The van der Waals surface area contributed by atoms with E-state index in [1.54, 1.807) is 20.4 Å². The average Bonchev–Trinajstić information content (AvgIpc) is 2.78. The van der Waals surface area contributed by atoms with Gasteiger partial charge in [0.1, 0.15) is 0 Å². The average molecular weight is 413 g/mol. The summed E-state index contributed by atoms with van der Waals surface area (Å²) < 4.78 is 22.1. The molecule has 2 aromatic rings. The second kappa shape index (κ2) is 8.47. The summed E-state index contributed by atoms with van der Waals surface area (Å²) in [6.07, 6.45) is 3.56. The SMILES string of the molecule is CCOc1cc2c(cc1OC)C(c1cnc(OC)nc1OC)=NC1CCC(O)CC21. The molecular formula is C22H27N3O5. The topological polar surface area (TPSA) is 95.3 Å². The minimum absolute atomic E-state index is 0.0607. The van der Waals surface area contributed by atoms with Gasteiger partial charge in [-0.15, -0.1) is 0 Å². The van der Waals surface area contributed by atoms with Crippen molar-refractivity contribution in [3.8, 4) is 23.4 Å². The van der Waals surface area contributed by atoms with Crippen LogP contribution in [0, 0.1) is 0 Å². The Hall–Kier alpha value is -2.87. The van der Waals surface area contributed by atoms with E-state index in [0.29, 0.717) is 36.0 Å².